The third-order valence-corrected chi connectivity index (χ3v) is 6.44. The number of aryl methyl sites for hydroxylation is 1. The Balaban J connectivity index is 1.73. The van der Waals surface area contributed by atoms with Crippen LogP contribution in [0.1, 0.15) is 43.5 Å². The van der Waals surface area contributed by atoms with Gasteiger partial charge in [0.1, 0.15) is 19.3 Å². The van der Waals surface area contributed by atoms with Gasteiger partial charge in [-0.2, -0.15) is 4.98 Å². The smallest absolute Gasteiger partial charge is 0.338 e. The second kappa shape index (κ2) is 12.0. The SMILES string of the molecule is C=CCOC(=O)C1=C(C)Nc2nc(SCC)nn2C1c1ccc(OCc2cccc(C)c2)c(OCC)c1. The monoisotopic (exact) mass is 520 g/mol. The second-order valence-electron chi connectivity index (χ2n) is 8.47. The van der Waals surface area contributed by atoms with Crippen molar-refractivity contribution in [2.75, 3.05) is 24.3 Å². The summed E-state index contributed by atoms with van der Waals surface area (Å²) in [6, 6.07) is 13.3. The van der Waals surface area contributed by atoms with Gasteiger partial charge in [0.05, 0.1) is 12.2 Å². The summed E-state index contributed by atoms with van der Waals surface area (Å²) in [5.41, 5.74) is 4.16. The molecule has 0 spiro atoms. The van der Waals surface area contributed by atoms with Crippen LogP contribution in [0.4, 0.5) is 5.95 Å². The van der Waals surface area contributed by atoms with E-state index in [-0.39, 0.29) is 6.61 Å². The molecular formula is C28H32N4O4S. The highest BCUT2D eigenvalue weighted by molar-refractivity contribution is 7.99. The number of aromatic nitrogens is 3. The lowest BCUT2D eigenvalue weighted by Crippen LogP contribution is -2.29. The van der Waals surface area contributed by atoms with E-state index in [1.165, 1.54) is 17.3 Å². The lowest BCUT2D eigenvalue weighted by molar-refractivity contribution is -0.138. The standard InChI is InChI=1S/C28H32N4O4S/c1-6-14-35-26(33)24-19(5)29-27-30-28(37-8-3)31-32(27)25(24)21-12-13-22(23(16-21)34-7-2)36-17-20-11-9-10-18(4)15-20/h6,9-13,15-16,25H,1,7-8,14,17H2,2-5H3,(H,29,30,31). The molecule has 0 saturated carbocycles. The summed E-state index contributed by atoms with van der Waals surface area (Å²) in [6.45, 7) is 12.5. The zero-order valence-corrected chi connectivity index (χ0v) is 22.4. The first-order chi connectivity index (χ1) is 17.9. The average molecular weight is 521 g/mol. The molecule has 1 unspecified atom stereocenters. The molecule has 2 heterocycles. The lowest BCUT2D eigenvalue weighted by Gasteiger charge is -2.28. The highest BCUT2D eigenvalue weighted by Crippen LogP contribution is 2.40. The number of nitrogens with one attached hydrogen (secondary N) is 1. The number of benzene rings is 2. The molecule has 194 valence electrons. The number of hydrogen-bond donors (Lipinski definition) is 1. The Labute approximate surface area is 221 Å². The Hall–Kier alpha value is -3.72. The molecule has 4 rings (SSSR count). The number of thioether (sulfide) groups is 1. The fraction of sp³-hybridized carbons (Fsp3) is 0.321. The van der Waals surface area contributed by atoms with Gasteiger partial charge >= 0.3 is 5.97 Å². The first-order valence-corrected chi connectivity index (χ1v) is 13.2. The van der Waals surface area contributed by atoms with Crippen molar-refractivity contribution in [3.8, 4) is 11.5 Å². The predicted molar refractivity (Wildman–Crippen MR) is 145 cm³/mol. The number of anilines is 1. The molecule has 1 aliphatic rings. The molecule has 1 N–H and O–H groups in total. The van der Waals surface area contributed by atoms with E-state index in [4.69, 9.17) is 19.3 Å². The van der Waals surface area contributed by atoms with Crippen molar-refractivity contribution in [2.45, 2.75) is 45.5 Å². The van der Waals surface area contributed by atoms with E-state index in [0.29, 0.717) is 47.1 Å². The van der Waals surface area contributed by atoms with Gasteiger partial charge in [0.25, 0.3) is 0 Å². The number of esters is 1. The van der Waals surface area contributed by atoms with Crippen molar-refractivity contribution in [2.24, 2.45) is 0 Å². The fourth-order valence-electron chi connectivity index (χ4n) is 4.15. The molecule has 8 nitrogen and oxygen atoms in total. The van der Waals surface area contributed by atoms with Crippen LogP contribution in [0.15, 0.2) is 71.5 Å². The van der Waals surface area contributed by atoms with Gasteiger partial charge in [-0.1, -0.05) is 67.2 Å². The normalized spacial score (nSPS) is 14.5. The first-order valence-electron chi connectivity index (χ1n) is 12.2. The van der Waals surface area contributed by atoms with E-state index < -0.39 is 12.0 Å². The van der Waals surface area contributed by atoms with Gasteiger partial charge < -0.3 is 19.5 Å². The van der Waals surface area contributed by atoms with Crippen LogP contribution in [0.3, 0.4) is 0 Å². The molecule has 2 aromatic carbocycles. The van der Waals surface area contributed by atoms with Crippen LogP contribution in [-0.2, 0) is 16.1 Å². The van der Waals surface area contributed by atoms with E-state index in [0.717, 1.165) is 16.9 Å². The predicted octanol–water partition coefficient (Wildman–Crippen LogP) is 5.69. The molecule has 37 heavy (non-hydrogen) atoms. The van der Waals surface area contributed by atoms with Crippen molar-refractivity contribution in [1.82, 2.24) is 14.8 Å². The Morgan fingerprint density at radius 2 is 2.00 bits per heavy atom. The maximum atomic E-state index is 13.2. The highest BCUT2D eigenvalue weighted by atomic mass is 32.2. The second-order valence-corrected chi connectivity index (χ2v) is 9.70. The van der Waals surface area contributed by atoms with Crippen LogP contribution < -0.4 is 14.8 Å². The highest BCUT2D eigenvalue weighted by Gasteiger charge is 2.35. The first kappa shape index (κ1) is 26.3. The summed E-state index contributed by atoms with van der Waals surface area (Å²) in [7, 11) is 0. The molecule has 1 aromatic heterocycles. The lowest BCUT2D eigenvalue weighted by atomic mass is 9.95. The van der Waals surface area contributed by atoms with E-state index >= 15 is 0 Å². The maximum absolute atomic E-state index is 13.2. The molecule has 3 aromatic rings. The Bertz CT molecular complexity index is 1320. The number of hydrogen-bond acceptors (Lipinski definition) is 8. The molecule has 0 bridgehead atoms. The van der Waals surface area contributed by atoms with Gasteiger partial charge in [-0.05, 0) is 49.8 Å². The largest absolute Gasteiger partial charge is 0.490 e. The van der Waals surface area contributed by atoms with Crippen LogP contribution in [0.25, 0.3) is 0 Å². The number of carbonyl (C=O) groups excluding carboxylic acids is 1. The average Bonchev–Trinajstić information content (AvgIpc) is 3.28. The van der Waals surface area contributed by atoms with Crippen LogP contribution in [0, 0.1) is 6.92 Å². The van der Waals surface area contributed by atoms with Gasteiger partial charge in [-0.3, -0.25) is 0 Å². The van der Waals surface area contributed by atoms with Crippen molar-refractivity contribution in [1.29, 1.82) is 0 Å². The maximum Gasteiger partial charge on any atom is 0.338 e. The Morgan fingerprint density at radius 1 is 1.16 bits per heavy atom. The van der Waals surface area contributed by atoms with Gasteiger partial charge in [0.15, 0.2) is 11.5 Å². The number of rotatable bonds is 11. The zero-order chi connectivity index (χ0) is 26.4. The van der Waals surface area contributed by atoms with E-state index in [1.54, 1.807) is 10.8 Å². The van der Waals surface area contributed by atoms with Crippen molar-refractivity contribution < 1.29 is 19.0 Å². The molecular weight excluding hydrogens is 488 g/mol. The zero-order valence-electron chi connectivity index (χ0n) is 21.6. The number of carbonyl (C=O) groups is 1. The molecule has 1 aliphatic heterocycles. The van der Waals surface area contributed by atoms with Gasteiger partial charge in [0, 0.05) is 5.70 Å². The summed E-state index contributed by atoms with van der Waals surface area (Å²) in [5.74, 6) is 2.16. The third kappa shape index (κ3) is 5.99. The number of allylic oxidation sites excluding steroid dienone is 1. The van der Waals surface area contributed by atoms with Crippen molar-refractivity contribution in [3.05, 3.63) is 83.1 Å². The van der Waals surface area contributed by atoms with Crippen molar-refractivity contribution >= 4 is 23.7 Å². The topological polar surface area (TPSA) is 87.5 Å². The quantitative estimate of drug-likeness (QED) is 0.196. The van der Waals surface area contributed by atoms with Gasteiger partial charge in [-0.15, -0.1) is 5.10 Å². The number of fused-ring (bicyclic) bond motifs is 1. The van der Waals surface area contributed by atoms with Gasteiger partial charge in [-0.25, -0.2) is 9.48 Å². The summed E-state index contributed by atoms with van der Waals surface area (Å²) in [5, 5.41) is 8.54. The van der Waals surface area contributed by atoms with Crippen LogP contribution in [-0.4, -0.2) is 39.7 Å². The molecule has 9 heteroatoms. The summed E-state index contributed by atoms with van der Waals surface area (Å²) in [4.78, 5) is 17.8. The Morgan fingerprint density at radius 3 is 2.73 bits per heavy atom. The van der Waals surface area contributed by atoms with Crippen LogP contribution in [0.5, 0.6) is 11.5 Å². The summed E-state index contributed by atoms with van der Waals surface area (Å²) in [6.07, 6.45) is 1.55. The fourth-order valence-corrected chi connectivity index (χ4v) is 4.71. The van der Waals surface area contributed by atoms with Gasteiger partial charge in [0.2, 0.25) is 11.1 Å². The molecule has 1 atom stereocenters. The Kier molecular flexibility index (Phi) is 8.55. The number of nitrogens with zero attached hydrogens (tertiary/aromatic N) is 3. The molecule has 0 radical (unpaired) electrons. The molecule has 0 aliphatic carbocycles. The van der Waals surface area contributed by atoms with E-state index in [2.05, 4.69) is 35.9 Å². The van der Waals surface area contributed by atoms with Crippen LogP contribution >= 0.6 is 11.8 Å². The molecule has 0 saturated heterocycles. The van der Waals surface area contributed by atoms with E-state index in [9.17, 15) is 4.79 Å². The minimum atomic E-state index is -0.558. The minimum absolute atomic E-state index is 0.111. The molecule has 0 amide bonds. The summed E-state index contributed by atoms with van der Waals surface area (Å²) >= 11 is 1.53. The van der Waals surface area contributed by atoms with E-state index in [1.807, 2.05) is 51.1 Å². The minimum Gasteiger partial charge on any atom is -0.490 e. The van der Waals surface area contributed by atoms with Crippen molar-refractivity contribution in [3.63, 3.8) is 0 Å². The third-order valence-electron chi connectivity index (χ3n) is 5.72. The summed E-state index contributed by atoms with van der Waals surface area (Å²) < 4.78 is 19.3. The number of ether oxygens (including phenoxy) is 3. The molecule has 0 fully saturated rings. The van der Waals surface area contributed by atoms with Crippen LogP contribution in [0.2, 0.25) is 0 Å².